The van der Waals surface area contributed by atoms with Gasteiger partial charge < -0.3 is 4.74 Å². The zero-order valence-electron chi connectivity index (χ0n) is 9.05. The fraction of sp³-hybridized carbons (Fsp3) is 0.778. The Bertz CT molecular complexity index is 364. The summed E-state index contributed by atoms with van der Waals surface area (Å²) in [4.78, 5) is 0. The molecule has 8 heteroatoms. The first kappa shape index (κ1) is 14.1. The summed E-state index contributed by atoms with van der Waals surface area (Å²) in [5.74, 6) is -22.0. The molecule has 0 N–H and O–H groups in total. The molecule has 0 unspecified atom stereocenters. The number of rotatable bonds is 1. The molecule has 0 radical (unpaired) electrons. The molecule has 17 heavy (non-hydrogen) atoms. The summed E-state index contributed by atoms with van der Waals surface area (Å²) >= 11 is 0. The van der Waals surface area contributed by atoms with Crippen molar-refractivity contribution in [2.45, 2.75) is 44.1 Å². The number of hydrogen-bond donors (Lipinski definition) is 0. The molecule has 0 aromatic carbocycles. The van der Waals surface area contributed by atoms with E-state index in [0.29, 0.717) is 0 Å². The van der Waals surface area contributed by atoms with Crippen molar-refractivity contribution in [2.75, 3.05) is 0 Å². The van der Waals surface area contributed by atoms with Crippen LogP contribution in [0.2, 0.25) is 0 Å². The Hall–Kier alpha value is -0.950. The van der Waals surface area contributed by atoms with Crippen LogP contribution in [0.15, 0.2) is 11.6 Å². The molecule has 0 aromatic heterocycles. The minimum absolute atomic E-state index is 1.14. The second-order valence-corrected chi connectivity index (χ2v) is 4.58. The molecular weight excluding hydrogens is 257 g/mol. The van der Waals surface area contributed by atoms with E-state index in [4.69, 9.17) is 0 Å². The summed E-state index contributed by atoms with van der Waals surface area (Å²) in [6.45, 7) is 3.41. The maximum atomic E-state index is 13.0. The fourth-order valence-corrected chi connectivity index (χ4v) is 1.17. The van der Waals surface area contributed by atoms with E-state index >= 15 is 0 Å². The van der Waals surface area contributed by atoms with Crippen LogP contribution in [0.3, 0.4) is 0 Å². The smallest absolute Gasteiger partial charge is 0.386 e. The molecule has 0 amide bonds. The lowest BCUT2D eigenvalue weighted by molar-refractivity contribution is -0.276. The molecule has 1 aliphatic carbocycles. The third-order valence-electron chi connectivity index (χ3n) is 1.96. The topological polar surface area (TPSA) is 9.23 Å². The summed E-state index contributed by atoms with van der Waals surface area (Å²) in [7, 11) is 0. The van der Waals surface area contributed by atoms with Gasteiger partial charge in [0.2, 0.25) is 11.6 Å². The van der Waals surface area contributed by atoms with E-state index in [0.717, 1.165) is 20.8 Å². The van der Waals surface area contributed by atoms with Gasteiger partial charge in [-0.1, -0.05) is 0 Å². The van der Waals surface area contributed by atoms with Crippen LogP contribution in [0.5, 0.6) is 0 Å². The number of hydrogen-bond acceptors (Lipinski definition) is 1. The number of alkyl halides is 6. The summed E-state index contributed by atoms with van der Waals surface area (Å²) in [5, 5.41) is 0. The SMILES string of the molecule is CC(C)(C)OC1=C(F)C(F)(F)C(F)(F)C1(F)F. The minimum Gasteiger partial charge on any atom is -0.483 e. The number of ether oxygens (including phenoxy) is 1. The summed E-state index contributed by atoms with van der Waals surface area (Å²) < 4.78 is 94.0. The standard InChI is InChI=1S/C9H9F7O/c1-6(2,3)17-5-4(10)7(11,12)9(15,16)8(5,13)14/h1-3H3. The Morgan fingerprint density at radius 1 is 0.882 bits per heavy atom. The number of halogens is 7. The molecule has 0 aliphatic heterocycles. The second-order valence-electron chi connectivity index (χ2n) is 4.58. The largest absolute Gasteiger partial charge is 0.483 e. The van der Waals surface area contributed by atoms with Crippen LogP contribution in [0.1, 0.15) is 20.8 Å². The molecule has 1 aliphatic rings. The molecule has 0 bridgehead atoms. The molecule has 1 nitrogen and oxygen atoms in total. The van der Waals surface area contributed by atoms with Crippen LogP contribution in [-0.4, -0.2) is 23.4 Å². The lowest BCUT2D eigenvalue weighted by atomic mass is 10.1. The Balaban J connectivity index is 3.33. The quantitative estimate of drug-likeness (QED) is 0.654. The normalized spacial score (nSPS) is 26.2. The Labute approximate surface area is 92.2 Å². The van der Waals surface area contributed by atoms with Gasteiger partial charge in [0.25, 0.3) is 0 Å². The third-order valence-corrected chi connectivity index (χ3v) is 1.96. The average Bonchev–Trinajstić information content (AvgIpc) is 2.16. The second kappa shape index (κ2) is 3.29. The highest BCUT2D eigenvalue weighted by molar-refractivity contribution is 5.33. The van der Waals surface area contributed by atoms with E-state index in [9.17, 15) is 30.7 Å². The molecule has 0 heterocycles. The molecule has 0 spiro atoms. The lowest BCUT2D eigenvalue weighted by Crippen LogP contribution is -2.49. The van der Waals surface area contributed by atoms with Crippen LogP contribution < -0.4 is 0 Å². The summed E-state index contributed by atoms with van der Waals surface area (Å²) in [6.07, 6.45) is 0. The van der Waals surface area contributed by atoms with E-state index in [-0.39, 0.29) is 0 Å². The molecular formula is C9H9F7O. The van der Waals surface area contributed by atoms with E-state index in [1.165, 1.54) is 0 Å². The molecule has 0 aromatic rings. The van der Waals surface area contributed by atoms with Gasteiger partial charge >= 0.3 is 17.8 Å². The molecule has 100 valence electrons. The van der Waals surface area contributed by atoms with Crippen molar-refractivity contribution in [1.82, 2.24) is 0 Å². The van der Waals surface area contributed by atoms with Gasteiger partial charge in [-0.15, -0.1) is 0 Å². The third kappa shape index (κ3) is 1.77. The Morgan fingerprint density at radius 2 is 1.29 bits per heavy atom. The van der Waals surface area contributed by atoms with Crippen LogP contribution >= 0.6 is 0 Å². The first-order valence-electron chi connectivity index (χ1n) is 4.48. The fourth-order valence-electron chi connectivity index (χ4n) is 1.17. The summed E-state index contributed by atoms with van der Waals surface area (Å²) in [6, 6.07) is 0. The average molecular weight is 266 g/mol. The van der Waals surface area contributed by atoms with Crippen LogP contribution in [0.25, 0.3) is 0 Å². The highest BCUT2D eigenvalue weighted by Gasteiger charge is 2.82. The van der Waals surface area contributed by atoms with Crippen molar-refractivity contribution in [2.24, 2.45) is 0 Å². The van der Waals surface area contributed by atoms with Gasteiger partial charge in [0.1, 0.15) is 5.60 Å². The predicted octanol–water partition coefficient (Wildman–Crippen LogP) is 3.90. The van der Waals surface area contributed by atoms with Crippen molar-refractivity contribution in [3.63, 3.8) is 0 Å². The number of allylic oxidation sites excluding steroid dienone is 2. The van der Waals surface area contributed by atoms with Gasteiger partial charge in [0.15, 0.2) is 0 Å². The molecule has 0 saturated carbocycles. The highest BCUT2D eigenvalue weighted by Crippen LogP contribution is 2.60. The van der Waals surface area contributed by atoms with Gasteiger partial charge in [0, 0.05) is 0 Å². The van der Waals surface area contributed by atoms with Gasteiger partial charge in [-0.05, 0) is 20.8 Å². The van der Waals surface area contributed by atoms with E-state index in [1.54, 1.807) is 0 Å². The highest BCUT2D eigenvalue weighted by atomic mass is 19.3. The zero-order valence-corrected chi connectivity index (χ0v) is 9.05. The van der Waals surface area contributed by atoms with Crippen LogP contribution in [-0.2, 0) is 4.74 Å². The molecule has 0 saturated heterocycles. The molecule has 1 rings (SSSR count). The van der Waals surface area contributed by atoms with Gasteiger partial charge in [-0.25, -0.2) is 4.39 Å². The van der Waals surface area contributed by atoms with Crippen LogP contribution in [0, 0.1) is 0 Å². The maximum Gasteiger partial charge on any atom is 0.386 e. The molecule has 0 fully saturated rings. The first-order valence-corrected chi connectivity index (χ1v) is 4.48. The van der Waals surface area contributed by atoms with E-state index < -0.39 is 35.0 Å². The van der Waals surface area contributed by atoms with Crippen molar-refractivity contribution in [1.29, 1.82) is 0 Å². The van der Waals surface area contributed by atoms with E-state index in [1.807, 2.05) is 0 Å². The van der Waals surface area contributed by atoms with Crippen molar-refractivity contribution < 1.29 is 35.5 Å². The van der Waals surface area contributed by atoms with Crippen molar-refractivity contribution in [3.8, 4) is 0 Å². The van der Waals surface area contributed by atoms with Crippen LogP contribution in [0.4, 0.5) is 30.7 Å². The zero-order chi connectivity index (χ0) is 13.9. The monoisotopic (exact) mass is 266 g/mol. The van der Waals surface area contributed by atoms with Gasteiger partial charge in [-0.2, -0.15) is 26.3 Å². The van der Waals surface area contributed by atoms with Gasteiger partial charge in [0.05, 0.1) is 0 Å². The summed E-state index contributed by atoms with van der Waals surface area (Å²) in [5.41, 5.74) is -1.51. The van der Waals surface area contributed by atoms with Crippen molar-refractivity contribution in [3.05, 3.63) is 11.6 Å². The Morgan fingerprint density at radius 3 is 1.53 bits per heavy atom. The van der Waals surface area contributed by atoms with Gasteiger partial charge in [-0.3, -0.25) is 0 Å². The maximum absolute atomic E-state index is 13.0. The molecule has 0 atom stereocenters. The van der Waals surface area contributed by atoms with Crippen molar-refractivity contribution >= 4 is 0 Å². The predicted molar refractivity (Wildman–Crippen MR) is 43.8 cm³/mol. The Kier molecular flexibility index (Phi) is 2.73. The first-order chi connectivity index (χ1) is 7.25. The van der Waals surface area contributed by atoms with E-state index in [2.05, 4.69) is 4.74 Å². The minimum atomic E-state index is -5.84. The lowest BCUT2D eigenvalue weighted by Gasteiger charge is -2.27.